The molecule has 0 aromatic heterocycles. The van der Waals surface area contributed by atoms with E-state index in [1.807, 2.05) is 21.1 Å². The zero-order valence-corrected chi connectivity index (χ0v) is 37.6. The maximum Gasteiger partial charge on any atom is 0.472 e. The molecule has 8 nitrogen and oxygen atoms in total. The van der Waals surface area contributed by atoms with Gasteiger partial charge in [0.25, 0.3) is 0 Å². The second-order valence-electron chi connectivity index (χ2n) is 16.4. The number of rotatable bonds is 42. The van der Waals surface area contributed by atoms with Crippen molar-refractivity contribution in [3.63, 3.8) is 0 Å². The lowest BCUT2D eigenvalue weighted by Gasteiger charge is -2.24. The minimum Gasteiger partial charge on any atom is -0.457 e. The Hall–Kier alpha value is -1.28. The Labute approximate surface area is 340 Å². The molecule has 1 unspecified atom stereocenters. The molecule has 0 aliphatic carbocycles. The zero-order chi connectivity index (χ0) is 40.6. The zero-order valence-electron chi connectivity index (χ0n) is 36.7. The van der Waals surface area contributed by atoms with Crippen LogP contribution in [0.5, 0.6) is 0 Å². The van der Waals surface area contributed by atoms with Gasteiger partial charge in [-0.1, -0.05) is 172 Å². The summed E-state index contributed by atoms with van der Waals surface area (Å²) in [6.45, 7) is 5.59. The van der Waals surface area contributed by atoms with Gasteiger partial charge in [0.1, 0.15) is 19.3 Å². The Balaban J connectivity index is 4.25. The first-order chi connectivity index (χ1) is 26.6. The summed E-state index contributed by atoms with van der Waals surface area (Å²) >= 11 is 0. The number of likely N-dealkylation sites (N-methyl/N-ethyl adjacent to an activating group) is 1. The molecule has 0 saturated carbocycles. The van der Waals surface area contributed by atoms with Crippen molar-refractivity contribution < 1.29 is 37.3 Å². The van der Waals surface area contributed by atoms with Crippen LogP contribution in [0.1, 0.15) is 194 Å². The summed E-state index contributed by atoms with van der Waals surface area (Å²) < 4.78 is 35.0. The molecule has 2 atom stereocenters. The number of carbonyl (C=O) groups excluding carboxylic acids is 1. The Morgan fingerprint density at radius 3 is 1.53 bits per heavy atom. The van der Waals surface area contributed by atoms with E-state index in [9.17, 15) is 14.3 Å². The SMILES string of the molecule is CCCCC/C=C\C/C=C\C/C=C\CCCCCCC(=O)O[C@H](COCCCCCCCCCCCCCCCCCC)COP(=O)(O)OCC[N+](C)(C)C. The maximum atomic E-state index is 12.7. The summed E-state index contributed by atoms with van der Waals surface area (Å²) in [4.78, 5) is 22.9. The molecule has 0 bridgehead atoms. The highest BCUT2D eigenvalue weighted by Gasteiger charge is 2.26. The summed E-state index contributed by atoms with van der Waals surface area (Å²) in [7, 11) is 1.66. The van der Waals surface area contributed by atoms with Crippen LogP contribution < -0.4 is 0 Å². The molecule has 324 valence electrons. The van der Waals surface area contributed by atoms with Crippen molar-refractivity contribution in [3.05, 3.63) is 36.5 Å². The van der Waals surface area contributed by atoms with Crippen LogP contribution in [0.2, 0.25) is 0 Å². The summed E-state index contributed by atoms with van der Waals surface area (Å²) in [6.07, 6.45) is 46.0. The van der Waals surface area contributed by atoms with Gasteiger partial charge >= 0.3 is 13.8 Å². The van der Waals surface area contributed by atoms with Gasteiger partial charge in [0.2, 0.25) is 0 Å². The Kier molecular flexibility index (Phi) is 38.6. The topological polar surface area (TPSA) is 91.3 Å². The first kappa shape index (κ1) is 53.7. The van der Waals surface area contributed by atoms with E-state index in [-0.39, 0.29) is 25.8 Å². The molecule has 0 fully saturated rings. The lowest BCUT2D eigenvalue weighted by molar-refractivity contribution is -0.870. The van der Waals surface area contributed by atoms with E-state index in [4.69, 9.17) is 18.5 Å². The Morgan fingerprint density at radius 1 is 0.564 bits per heavy atom. The van der Waals surface area contributed by atoms with Crippen molar-refractivity contribution in [2.75, 3.05) is 54.1 Å². The van der Waals surface area contributed by atoms with Crippen molar-refractivity contribution in [3.8, 4) is 0 Å². The van der Waals surface area contributed by atoms with Crippen molar-refractivity contribution in [1.29, 1.82) is 0 Å². The van der Waals surface area contributed by atoms with Gasteiger partial charge in [0.05, 0.1) is 34.4 Å². The van der Waals surface area contributed by atoms with Crippen molar-refractivity contribution in [1.82, 2.24) is 0 Å². The maximum absolute atomic E-state index is 12.7. The van der Waals surface area contributed by atoms with Gasteiger partial charge in [-0.05, 0) is 51.4 Å². The molecule has 0 aliphatic rings. The standard InChI is InChI=1S/C46H88NO7P/c1-6-8-10-12-14-16-18-20-22-24-25-27-29-31-33-35-37-39-46(48)54-45(44-53-55(49,50)52-42-40-47(3,4)5)43-51-41-38-36-34-32-30-28-26-23-21-19-17-15-13-11-9-7-2/h14,16,20,22,25,27,45H,6-13,15,17-19,21,23-24,26,28-44H2,1-5H3/p+1/b16-14-,22-20-,27-25-/t45-/m1/s1. The highest BCUT2D eigenvalue weighted by molar-refractivity contribution is 7.47. The van der Waals surface area contributed by atoms with E-state index in [1.165, 1.54) is 116 Å². The van der Waals surface area contributed by atoms with Crippen LogP contribution in [-0.4, -0.2) is 75.6 Å². The molecular weight excluding hydrogens is 709 g/mol. The second-order valence-corrected chi connectivity index (χ2v) is 17.9. The summed E-state index contributed by atoms with van der Waals surface area (Å²) in [6, 6.07) is 0. The van der Waals surface area contributed by atoms with Gasteiger partial charge < -0.3 is 18.9 Å². The number of phosphoric acid groups is 1. The van der Waals surface area contributed by atoms with Crippen LogP contribution in [0, 0.1) is 0 Å². The van der Waals surface area contributed by atoms with E-state index in [0.717, 1.165) is 57.8 Å². The first-order valence-electron chi connectivity index (χ1n) is 22.7. The van der Waals surface area contributed by atoms with E-state index < -0.39 is 13.9 Å². The van der Waals surface area contributed by atoms with Crippen LogP contribution in [-0.2, 0) is 27.9 Å². The third-order valence-electron chi connectivity index (χ3n) is 9.70. The number of nitrogens with zero attached hydrogens (tertiary/aromatic N) is 1. The Bertz CT molecular complexity index is 978. The predicted octanol–water partition coefficient (Wildman–Crippen LogP) is 13.4. The number of quaternary nitrogens is 1. The van der Waals surface area contributed by atoms with Gasteiger partial charge in [0.15, 0.2) is 0 Å². The normalized spacial score (nSPS) is 14.1. The number of allylic oxidation sites excluding steroid dienone is 6. The minimum atomic E-state index is -4.28. The smallest absolute Gasteiger partial charge is 0.457 e. The third-order valence-corrected chi connectivity index (χ3v) is 10.7. The molecular formula is C46H89NO7P+. The van der Waals surface area contributed by atoms with Crippen molar-refractivity contribution in [2.24, 2.45) is 0 Å². The summed E-state index contributed by atoms with van der Waals surface area (Å²) in [5.41, 5.74) is 0. The summed E-state index contributed by atoms with van der Waals surface area (Å²) in [5, 5.41) is 0. The van der Waals surface area contributed by atoms with Gasteiger partial charge in [0, 0.05) is 13.0 Å². The number of esters is 1. The van der Waals surface area contributed by atoms with E-state index in [0.29, 0.717) is 24.1 Å². The van der Waals surface area contributed by atoms with Crippen molar-refractivity contribution >= 4 is 13.8 Å². The predicted molar refractivity (Wildman–Crippen MR) is 233 cm³/mol. The lowest BCUT2D eigenvalue weighted by atomic mass is 10.0. The number of carbonyl (C=O) groups is 1. The fourth-order valence-electron chi connectivity index (χ4n) is 6.15. The molecule has 0 amide bonds. The molecule has 0 spiro atoms. The molecule has 9 heteroatoms. The minimum absolute atomic E-state index is 0.0848. The Morgan fingerprint density at radius 2 is 1.00 bits per heavy atom. The molecule has 0 saturated heterocycles. The van der Waals surface area contributed by atoms with Gasteiger partial charge in [-0.25, -0.2) is 4.57 Å². The fourth-order valence-corrected chi connectivity index (χ4v) is 6.89. The molecule has 0 rings (SSSR count). The number of hydrogen-bond donors (Lipinski definition) is 1. The number of phosphoric ester groups is 1. The molecule has 0 aromatic carbocycles. The van der Waals surface area contributed by atoms with Crippen LogP contribution >= 0.6 is 7.82 Å². The molecule has 0 radical (unpaired) electrons. The van der Waals surface area contributed by atoms with E-state index in [1.54, 1.807) is 0 Å². The largest absolute Gasteiger partial charge is 0.472 e. The first-order valence-corrected chi connectivity index (χ1v) is 24.2. The fraction of sp³-hybridized carbons (Fsp3) is 0.848. The van der Waals surface area contributed by atoms with Gasteiger partial charge in [-0.2, -0.15) is 0 Å². The van der Waals surface area contributed by atoms with Gasteiger partial charge in [-0.3, -0.25) is 13.8 Å². The van der Waals surface area contributed by atoms with Crippen LogP contribution in [0.25, 0.3) is 0 Å². The molecule has 0 aliphatic heterocycles. The van der Waals surface area contributed by atoms with E-state index >= 15 is 0 Å². The molecule has 55 heavy (non-hydrogen) atoms. The average molecular weight is 799 g/mol. The molecule has 0 heterocycles. The average Bonchev–Trinajstić information content (AvgIpc) is 3.13. The highest BCUT2D eigenvalue weighted by Crippen LogP contribution is 2.43. The van der Waals surface area contributed by atoms with E-state index in [2.05, 4.69) is 50.3 Å². The number of ether oxygens (including phenoxy) is 2. The highest BCUT2D eigenvalue weighted by atomic mass is 31.2. The quantitative estimate of drug-likeness (QED) is 0.0216. The monoisotopic (exact) mass is 799 g/mol. The number of unbranched alkanes of at least 4 members (excludes halogenated alkanes) is 22. The van der Waals surface area contributed by atoms with Crippen LogP contribution in [0.3, 0.4) is 0 Å². The number of hydrogen-bond acceptors (Lipinski definition) is 6. The second kappa shape index (κ2) is 39.5. The van der Waals surface area contributed by atoms with Crippen LogP contribution in [0.15, 0.2) is 36.5 Å². The molecule has 0 aromatic rings. The lowest BCUT2D eigenvalue weighted by Crippen LogP contribution is -2.37. The third kappa shape index (κ3) is 43.7. The summed E-state index contributed by atoms with van der Waals surface area (Å²) in [5.74, 6) is -0.333. The molecule has 1 N–H and O–H groups in total. The van der Waals surface area contributed by atoms with Crippen molar-refractivity contribution in [2.45, 2.75) is 200 Å². The van der Waals surface area contributed by atoms with Gasteiger partial charge in [-0.15, -0.1) is 0 Å². The van der Waals surface area contributed by atoms with Crippen LogP contribution in [0.4, 0.5) is 0 Å².